The SMILES string of the molecule is Oc1ccc(/C=C/c2cc(O)c(O)c(O)c2)cc1O. The second-order valence-electron chi connectivity index (χ2n) is 3.99. The summed E-state index contributed by atoms with van der Waals surface area (Å²) in [5.41, 5.74) is 1.10. The van der Waals surface area contributed by atoms with Crippen molar-refractivity contribution in [2.45, 2.75) is 0 Å². The van der Waals surface area contributed by atoms with E-state index in [4.69, 9.17) is 5.11 Å². The minimum atomic E-state index is -0.570. The van der Waals surface area contributed by atoms with Gasteiger partial charge >= 0.3 is 0 Å². The molecule has 0 saturated heterocycles. The van der Waals surface area contributed by atoms with Crippen molar-refractivity contribution < 1.29 is 25.5 Å². The lowest BCUT2D eigenvalue weighted by atomic mass is 10.1. The maximum absolute atomic E-state index is 9.34. The van der Waals surface area contributed by atoms with Gasteiger partial charge in [-0.15, -0.1) is 0 Å². The van der Waals surface area contributed by atoms with Crippen molar-refractivity contribution in [3.63, 3.8) is 0 Å². The molecule has 0 aliphatic heterocycles. The fourth-order valence-electron chi connectivity index (χ4n) is 1.56. The standard InChI is InChI=1S/C14H12O5/c15-10-4-3-8(5-11(10)16)1-2-9-6-12(17)14(19)13(18)7-9/h1-7,15-19H/b2-1+. The maximum Gasteiger partial charge on any atom is 0.200 e. The van der Waals surface area contributed by atoms with Crippen LogP contribution in [0.15, 0.2) is 30.3 Å². The minimum Gasteiger partial charge on any atom is -0.504 e. The van der Waals surface area contributed by atoms with Crippen LogP contribution in [0.5, 0.6) is 28.7 Å². The molecule has 0 aliphatic carbocycles. The maximum atomic E-state index is 9.34. The van der Waals surface area contributed by atoms with E-state index in [0.29, 0.717) is 11.1 Å². The summed E-state index contributed by atoms with van der Waals surface area (Å²) in [4.78, 5) is 0. The van der Waals surface area contributed by atoms with Crippen molar-refractivity contribution in [3.05, 3.63) is 41.5 Å². The first kappa shape index (κ1) is 12.6. The third kappa shape index (κ3) is 2.71. The Morgan fingerprint density at radius 2 is 1.11 bits per heavy atom. The first-order valence-electron chi connectivity index (χ1n) is 5.42. The first-order chi connectivity index (χ1) is 8.97. The molecule has 0 saturated carbocycles. The molecule has 0 atom stereocenters. The van der Waals surface area contributed by atoms with Gasteiger partial charge in [0.1, 0.15) is 0 Å². The van der Waals surface area contributed by atoms with Crippen LogP contribution in [0, 0.1) is 0 Å². The summed E-state index contributed by atoms with van der Waals surface area (Å²) in [6.07, 6.45) is 3.19. The molecule has 0 fully saturated rings. The molecule has 0 radical (unpaired) electrons. The van der Waals surface area contributed by atoms with Gasteiger partial charge in [0.05, 0.1) is 0 Å². The quantitative estimate of drug-likeness (QED) is 0.421. The second kappa shape index (κ2) is 4.81. The normalized spacial score (nSPS) is 10.9. The zero-order chi connectivity index (χ0) is 14.0. The van der Waals surface area contributed by atoms with E-state index in [0.717, 1.165) is 0 Å². The minimum absolute atomic E-state index is 0.211. The molecule has 2 rings (SSSR count). The molecular weight excluding hydrogens is 248 g/mol. The van der Waals surface area contributed by atoms with E-state index in [9.17, 15) is 20.4 Å². The van der Waals surface area contributed by atoms with Gasteiger partial charge in [-0.25, -0.2) is 0 Å². The number of hydrogen-bond donors (Lipinski definition) is 5. The highest BCUT2D eigenvalue weighted by Gasteiger charge is 2.06. The smallest absolute Gasteiger partial charge is 0.200 e. The Morgan fingerprint density at radius 1 is 0.579 bits per heavy atom. The molecule has 0 aliphatic rings. The predicted molar refractivity (Wildman–Crippen MR) is 70.1 cm³/mol. The van der Waals surface area contributed by atoms with Gasteiger partial charge in [-0.1, -0.05) is 18.2 Å². The third-order valence-corrected chi connectivity index (χ3v) is 2.56. The third-order valence-electron chi connectivity index (χ3n) is 2.56. The highest BCUT2D eigenvalue weighted by atomic mass is 16.3. The highest BCUT2D eigenvalue weighted by molar-refractivity contribution is 5.73. The van der Waals surface area contributed by atoms with Crippen LogP contribution in [-0.4, -0.2) is 25.5 Å². The predicted octanol–water partition coefficient (Wildman–Crippen LogP) is 2.39. The van der Waals surface area contributed by atoms with E-state index in [-0.39, 0.29) is 11.5 Å². The van der Waals surface area contributed by atoms with Crippen LogP contribution < -0.4 is 0 Å². The number of aromatic hydroxyl groups is 5. The first-order valence-corrected chi connectivity index (χ1v) is 5.42. The van der Waals surface area contributed by atoms with Gasteiger partial charge in [0.2, 0.25) is 0 Å². The lowest BCUT2D eigenvalue weighted by Gasteiger charge is -2.02. The number of phenolic OH excluding ortho intramolecular Hbond substituents is 5. The molecule has 2 aromatic rings. The zero-order valence-electron chi connectivity index (χ0n) is 9.78. The van der Waals surface area contributed by atoms with Gasteiger partial charge < -0.3 is 25.5 Å². The average Bonchev–Trinajstić information content (AvgIpc) is 2.37. The van der Waals surface area contributed by atoms with Gasteiger partial charge in [-0.2, -0.15) is 0 Å². The van der Waals surface area contributed by atoms with Crippen LogP contribution in [0.25, 0.3) is 12.2 Å². The molecule has 19 heavy (non-hydrogen) atoms. The second-order valence-corrected chi connectivity index (χ2v) is 3.99. The molecular formula is C14H12O5. The lowest BCUT2D eigenvalue weighted by Crippen LogP contribution is -1.77. The monoisotopic (exact) mass is 260 g/mol. The van der Waals surface area contributed by atoms with Gasteiger partial charge in [0.25, 0.3) is 0 Å². The van der Waals surface area contributed by atoms with E-state index in [1.165, 1.54) is 24.3 Å². The van der Waals surface area contributed by atoms with Crippen LogP contribution in [0.3, 0.4) is 0 Å². The molecule has 5 heteroatoms. The van der Waals surface area contributed by atoms with Crippen molar-refractivity contribution >= 4 is 12.2 Å². The Hall–Kier alpha value is -2.82. The van der Waals surface area contributed by atoms with Crippen LogP contribution in [0.4, 0.5) is 0 Å². The molecule has 2 aromatic carbocycles. The van der Waals surface area contributed by atoms with Crippen LogP contribution >= 0.6 is 0 Å². The molecule has 5 N–H and O–H groups in total. The summed E-state index contributed by atoms with van der Waals surface area (Å²) < 4.78 is 0. The molecule has 0 bridgehead atoms. The molecule has 5 nitrogen and oxygen atoms in total. The van der Waals surface area contributed by atoms with E-state index in [1.807, 2.05) is 0 Å². The summed E-state index contributed by atoms with van der Waals surface area (Å²) in [7, 11) is 0. The molecule has 98 valence electrons. The molecule has 0 spiro atoms. The lowest BCUT2D eigenvalue weighted by molar-refractivity contribution is 0.368. The van der Waals surface area contributed by atoms with Crippen LogP contribution in [-0.2, 0) is 0 Å². The number of phenols is 5. The highest BCUT2D eigenvalue weighted by Crippen LogP contribution is 2.36. The van der Waals surface area contributed by atoms with E-state index < -0.39 is 17.2 Å². The van der Waals surface area contributed by atoms with Crippen molar-refractivity contribution in [1.82, 2.24) is 0 Å². The number of benzene rings is 2. The summed E-state index contributed by atoms with van der Waals surface area (Å²) in [5.74, 6) is -1.86. The van der Waals surface area contributed by atoms with Crippen molar-refractivity contribution in [2.75, 3.05) is 0 Å². The molecule has 0 aromatic heterocycles. The number of rotatable bonds is 2. The van der Waals surface area contributed by atoms with Crippen molar-refractivity contribution in [3.8, 4) is 28.7 Å². The van der Waals surface area contributed by atoms with E-state index in [2.05, 4.69) is 0 Å². The van der Waals surface area contributed by atoms with Crippen molar-refractivity contribution in [2.24, 2.45) is 0 Å². The Balaban J connectivity index is 2.30. The van der Waals surface area contributed by atoms with Gasteiger partial charge in [0, 0.05) is 0 Å². The summed E-state index contributed by atoms with van der Waals surface area (Å²) in [6, 6.07) is 6.87. The summed E-state index contributed by atoms with van der Waals surface area (Å²) >= 11 is 0. The Bertz CT molecular complexity index is 623. The molecule has 0 amide bonds. The fourth-order valence-corrected chi connectivity index (χ4v) is 1.56. The van der Waals surface area contributed by atoms with E-state index >= 15 is 0 Å². The van der Waals surface area contributed by atoms with E-state index in [1.54, 1.807) is 18.2 Å². The zero-order valence-corrected chi connectivity index (χ0v) is 9.78. The fraction of sp³-hybridized carbons (Fsp3) is 0. The Morgan fingerprint density at radius 3 is 1.68 bits per heavy atom. The Labute approximate surface area is 108 Å². The van der Waals surface area contributed by atoms with Gasteiger partial charge in [-0.05, 0) is 35.4 Å². The summed E-state index contributed by atoms with van der Waals surface area (Å²) in [6.45, 7) is 0. The molecule has 0 unspecified atom stereocenters. The Kier molecular flexibility index (Phi) is 3.20. The average molecular weight is 260 g/mol. The van der Waals surface area contributed by atoms with Crippen molar-refractivity contribution in [1.29, 1.82) is 0 Å². The summed E-state index contributed by atoms with van der Waals surface area (Å²) in [5, 5.41) is 46.4. The number of hydrogen-bond acceptors (Lipinski definition) is 5. The topological polar surface area (TPSA) is 101 Å². The molecule has 0 heterocycles. The largest absolute Gasteiger partial charge is 0.504 e. The van der Waals surface area contributed by atoms with Crippen LogP contribution in [0.1, 0.15) is 11.1 Å². The van der Waals surface area contributed by atoms with Gasteiger partial charge in [-0.3, -0.25) is 0 Å². The van der Waals surface area contributed by atoms with Gasteiger partial charge in [0.15, 0.2) is 28.7 Å². The van der Waals surface area contributed by atoms with Crippen LogP contribution in [0.2, 0.25) is 0 Å².